The molecule has 5 aromatic carbocycles. The molecular formula is C38H30O8. The van der Waals surface area contributed by atoms with Crippen molar-refractivity contribution >= 4 is 23.5 Å². The molecule has 0 aliphatic rings. The molecule has 0 amide bonds. The fraction of sp³-hybridized carbons (Fsp3) is 0.105. The van der Waals surface area contributed by atoms with E-state index in [4.69, 9.17) is 18.9 Å². The van der Waals surface area contributed by atoms with Crippen molar-refractivity contribution in [2.75, 3.05) is 13.2 Å². The van der Waals surface area contributed by atoms with Gasteiger partial charge in [-0.05, 0) is 59.7 Å². The molecule has 0 spiro atoms. The van der Waals surface area contributed by atoms with Crippen LogP contribution in [0.4, 0.5) is 0 Å². The predicted octanol–water partition coefficient (Wildman–Crippen LogP) is 6.39. The fourth-order valence-corrected chi connectivity index (χ4v) is 4.34. The van der Waals surface area contributed by atoms with Crippen molar-refractivity contribution in [3.63, 3.8) is 0 Å². The summed E-state index contributed by atoms with van der Waals surface area (Å²) in [5, 5.41) is 0. The van der Waals surface area contributed by atoms with Crippen molar-refractivity contribution in [2.24, 2.45) is 0 Å². The molecule has 230 valence electrons. The molecule has 0 atom stereocenters. The van der Waals surface area contributed by atoms with Crippen LogP contribution in [0.3, 0.4) is 0 Å². The maximum atomic E-state index is 12.5. The van der Waals surface area contributed by atoms with Crippen LogP contribution in [-0.4, -0.2) is 36.7 Å². The maximum absolute atomic E-state index is 12.5. The molecule has 8 heteroatoms. The first kappa shape index (κ1) is 31.4. The van der Waals surface area contributed by atoms with Gasteiger partial charge in [-0.1, -0.05) is 84.9 Å². The highest BCUT2D eigenvalue weighted by Gasteiger charge is 2.12. The van der Waals surface area contributed by atoms with Gasteiger partial charge in [-0.2, -0.15) is 0 Å². The fourth-order valence-electron chi connectivity index (χ4n) is 4.34. The molecule has 0 fully saturated rings. The number of benzene rings is 5. The molecule has 0 aliphatic heterocycles. The summed E-state index contributed by atoms with van der Waals surface area (Å²) >= 11 is 0. The van der Waals surface area contributed by atoms with E-state index in [1.54, 1.807) is 121 Å². The second-order valence-corrected chi connectivity index (χ2v) is 10.2. The number of carbonyl (C=O) groups excluding carboxylic acids is 4. The van der Waals surface area contributed by atoms with Crippen LogP contribution in [0.25, 0.3) is 0 Å². The van der Waals surface area contributed by atoms with E-state index in [9.17, 15) is 19.2 Å². The minimum Gasteiger partial charge on any atom is -0.482 e. The lowest BCUT2D eigenvalue weighted by molar-refractivity contribution is -0.148. The number of hydrogen-bond acceptors (Lipinski definition) is 8. The van der Waals surface area contributed by atoms with Crippen LogP contribution < -0.4 is 9.47 Å². The van der Waals surface area contributed by atoms with Gasteiger partial charge < -0.3 is 18.9 Å². The lowest BCUT2D eigenvalue weighted by atomic mass is 10.0. The number of carbonyl (C=O) groups is 4. The zero-order valence-corrected chi connectivity index (χ0v) is 24.8. The maximum Gasteiger partial charge on any atom is 0.344 e. The van der Waals surface area contributed by atoms with Gasteiger partial charge in [-0.25, -0.2) is 9.59 Å². The first-order valence-corrected chi connectivity index (χ1v) is 14.5. The zero-order chi connectivity index (χ0) is 32.1. The topological polar surface area (TPSA) is 105 Å². The second-order valence-electron chi connectivity index (χ2n) is 10.2. The van der Waals surface area contributed by atoms with Gasteiger partial charge >= 0.3 is 11.9 Å². The van der Waals surface area contributed by atoms with Gasteiger partial charge in [0, 0.05) is 22.3 Å². The molecule has 0 unspecified atom stereocenters. The number of ether oxygens (including phenoxy) is 4. The van der Waals surface area contributed by atoms with Gasteiger partial charge in [0.25, 0.3) is 0 Å². The Morgan fingerprint density at radius 2 is 0.717 bits per heavy atom. The highest BCUT2D eigenvalue weighted by atomic mass is 16.6. The third-order valence-corrected chi connectivity index (χ3v) is 6.84. The molecule has 8 nitrogen and oxygen atoms in total. The molecule has 0 saturated heterocycles. The van der Waals surface area contributed by atoms with Crippen LogP contribution in [0.15, 0.2) is 133 Å². The summed E-state index contributed by atoms with van der Waals surface area (Å²) in [6.45, 7) is -0.456. The highest BCUT2D eigenvalue weighted by molar-refractivity contribution is 6.09. The van der Waals surface area contributed by atoms with Crippen molar-refractivity contribution in [1.29, 1.82) is 0 Å². The van der Waals surface area contributed by atoms with E-state index in [2.05, 4.69) is 0 Å². The smallest absolute Gasteiger partial charge is 0.344 e. The van der Waals surface area contributed by atoms with Gasteiger partial charge in [0.15, 0.2) is 24.8 Å². The van der Waals surface area contributed by atoms with E-state index >= 15 is 0 Å². The molecule has 0 aliphatic carbocycles. The Bertz CT molecular complexity index is 1630. The van der Waals surface area contributed by atoms with Gasteiger partial charge in [-0.3, -0.25) is 9.59 Å². The van der Waals surface area contributed by atoms with Crippen molar-refractivity contribution in [1.82, 2.24) is 0 Å². The average molecular weight is 615 g/mol. The normalized spacial score (nSPS) is 10.4. The summed E-state index contributed by atoms with van der Waals surface area (Å²) in [5.74, 6) is -0.388. The van der Waals surface area contributed by atoms with Crippen molar-refractivity contribution in [3.05, 3.63) is 167 Å². The summed E-state index contributed by atoms with van der Waals surface area (Å²) in [5.41, 5.74) is 3.74. The molecule has 0 saturated carbocycles. The number of hydrogen-bond donors (Lipinski definition) is 0. The lowest BCUT2D eigenvalue weighted by Gasteiger charge is -2.09. The Labute approximate surface area is 266 Å². The van der Waals surface area contributed by atoms with E-state index in [1.807, 2.05) is 12.1 Å². The third kappa shape index (κ3) is 9.00. The van der Waals surface area contributed by atoms with Crippen LogP contribution in [0.1, 0.15) is 43.0 Å². The van der Waals surface area contributed by atoms with Crippen LogP contribution >= 0.6 is 0 Å². The van der Waals surface area contributed by atoms with E-state index in [-0.39, 0.29) is 38.0 Å². The zero-order valence-electron chi connectivity index (χ0n) is 24.8. The Morgan fingerprint density at radius 3 is 1.07 bits per heavy atom. The molecule has 0 bridgehead atoms. The Morgan fingerprint density at radius 1 is 0.391 bits per heavy atom. The van der Waals surface area contributed by atoms with Crippen molar-refractivity contribution in [2.45, 2.75) is 13.2 Å². The first-order chi connectivity index (χ1) is 22.4. The molecule has 0 aromatic heterocycles. The Hall–Kier alpha value is -6.02. The van der Waals surface area contributed by atoms with Gasteiger partial charge in [0.2, 0.25) is 0 Å². The van der Waals surface area contributed by atoms with Crippen LogP contribution in [0, 0.1) is 0 Å². The summed E-state index contributed by atoms with van der Waals surface area (Å²) < 4.78 is 21.6. The second kappa shape index (κ2) is 15.6. The van der Waals surface area contributed by atoms with Gasteiger partial charge in [0.1, 0.15) is 24.7 Å². The Kier molecular flexibility index (Phi) is 10.7. The van der Waals surface area contributed by atoms with Crippen LogP contribution in [0.2, 0.25) is 0 Å². The predicted molar refractivity (Wildman–Crippen MR) is 170 cm³/mol. The van der Waals surface area contributed by atoms with E-state index in [0.29, 0.717) is 33.8 Å². The first-order valence-electron chi connectivity index (χ1n) is 14.5. The van der Waals surface area contributed by atoms with Crippen molar-refractivity contribution in [3.8, 4) is 11.5 Å². The van der Waals surface area contributed by atoms with Gasteiger partial charge in [0.05, 0.1) is 0 Å². The largest absolute Gasteiger partial charge is 0.482 e. The van der Waals surface area contributed by atoms with E-state index in [1.165, 1.54) is 0 Å². The lowest BCUT2D eigenvalue weighted by Crippen LogP contribution is -2.15. The van der Waals surface area contributed by atoms with Gasteiger partial charge in [-0.15, -0.1) is 0 Å². The third-order valence-electron chi connectivity index (χ3n) is 6.84. The van der Waals surface area contributed by atoms with Crippen LogP contribution in [0.5, 0.6) is 11.5 Å². The summed E-state index contributed by atoms with van der Waals surface area (Å²) in [7, 11) is 0. The molecule has 46 heavy (non-hydrogen) atoms. The quantitative estimate of drug-likeness (QED) is 0.105. The number of esters is 2. The van der Waals surface area contributed by atoms with E-state index in [0.717, 1.165) is 11.1 Å². The summed E-state index contributed by atoms with van der Waals surface area (Å²) in [6, 6.07) is 38.2. The minimum atomic E-state index is -0.542. The minimum absolute atomic E-state index is 0.0519. The summed E-state index contributed by atoms with van der Waals surface area (Å²) in [4.78, 5) is 49.4. The monoisotopic (exact) mass is 614 g/mol. The molecule has 0 N–H and O–H groups in total. The molecular weight excluding hydrogens is 584 g/mol. The summed E-state index contributed by atoms with van der Waals surface area (Å²) in [6.07, 6.45) is 0. The van der Waals surface area contributed by atoms with Crippen molar-refractivity contribution < 1.29 is 38.1 Å². The SMILES string of the molecule is O=C(COc1ccc(C(=O)c2ccccc2)cc1)OCc1ccc(COC(=O)COc2ccc(C(=O)c3ccccc3)cc2)cc1. The van der Waals surface area contributed by atoms with E-state index < -0.39 is 11.9 Å². The highest BCUT2D eigenvalue weighted by Crippen LogP contribution is 2.17. The molecule has 0 heterocycles. The average Bonchev–Trinajstić information content (AvgIpc) is 3.12. The molecule has 0 radical (unpaired) electrons. The standard InChI is InChI=1S/C38H30O8/c39-35(25-43-33-19-15-31(16-20-33)37(41)29-7-3-1-4-8-29)45-23-27-11-13-28(14-12-27)24-46-36(40)26-44-34-21-17-32(18-22-34)38(42)30-9-5-2-6-10-30/h1-22H,23-26H2. The number of ketones is 2. The Balaban J connectivity index is 0.982. The molecule has 5 rings (SSSR count). The number of rotatable bonds is 14. The molecule has 5 aromatic rings. The van der Waals surface area contributed by atoms with Crippen LogP contribution in [-0.2, 0) is 32.3 Å².